The van der Waals surface area contributed by atoms with E-state index in [2.05, 4.69) is 55.5 Å². The van der Waals surface area contributed by atoms with E-state index in [1.165, 1.54) is 11.3 Å². The Kier molecular flexibility index (Phi) is 6.03. The molecule has 0 bridgehead atoms. The van der Waals surface area contributed by atoms with E-state index >= 15 is 0 Å². The second kappa shape index (κ2) is 7.05. The van der Waals surface area contributed by atoms with Crippen LogP contribution in [0.25, 0.3) is 0 Å². The van der Waals surface area contributed by atoms with Crippen LogP contribution in [0.2, 0.25) is 0 Å². The van der Waals surface area contributed by atoms with E-state index in [0.29, 0.717) is 12.1 Å². The maximum absolute atomic E-state index is 3.55. The molecule has 0 aromatic carbocycles. The Labute approximate surface area is 104 Å². The van der Waals surface area contributed by atoms with E-state index in [0.717, 1.165) is 13.1 Å². The van der Waals surface area contributed by atoms with Crippen LogP contribution in [-0.4, -0.2) is 30.6 Å². The van der Waals surface area contributed by atoms with Gasteiger partial charge in [-0.15, -0.1) is 11.3 Å². The molecule has 0 saturated heterocycles. The molecule has 1 aromatic heterocycles. The molecule has 0 aliphatic heterocycles. The van der Waals surface area contributed by atoms with Crippen molar-refractivity contribution in [3.8, 4) is 0 Å². The molecular weight excluding hydrogens is 216 g/mol. The maximum Gasteiger partial charge on any atom is 0.0328 e. The first-order valence-corrected chi connectivity index (χ1v) is 6.97. The second-order valence-corrected chi connectivity index (χ2v) is 5.59. The van der Waals surface area contributed by atoms with Gasteiger partial charge in [0.1, 0.15) is 0 Å². The Morgan fingerprint density at radius 2 is 2.19 bits per heavy atom. The fourth-order valence-corrected chi connectivity index (χ4v) is 2.24. The van der Waals surface area contributed by atoms with E-state index in [4.69, 9.17) is 0 Å². The topological polar surface area (TPSA) is 15.3 Å². The summed E-state index contributed by atoms with van der Waals surface area (Å²) in [4.78, 5) is 3.85. The highest BCUT2D eigenvalue weighted by Crippen LogP contribution is 2.12. The molecular formula is C13H24N2S. The van der Waals surface area contributed by atoms with E-state index in [9.17, 15) is 0 Å². The van der Waals surface area contributed by atoms with Crippen LogP contribution < -0.4 is 5.32 Å². The number of thiophene rings is 1. The molecule has 92 valence electrons. The van der Waals surface area contributed by atoms with Gasteiger partial charge in [0.25, 0.3) is 0 Å². The summed E-state index contributed by atoms with van der Waals surface area (Å²) in [5.74, 6) is 0. The molecule has 0 radical (unpaired) electrons. The highest BCUT2D eigenvalue weighted by Gasteiger charge is 2.10. The van der Waals surface area contributed by atoms with Crippen LogP contribution in [0.1, 0.15) is 32.1 Å². The van der Waals surface area contributed by atoms with Gasteiger partial charge in [-0.3, -0.25) is 4.90 Å². The van der Waals surface area contributed by atoms with E-state index in [1.807, 2.05) is 11.3 Å². The zero-order chi connectivity index (χ0) is 12.0. The molecule has 0 spiro atoms. The number of likely N-dealkylation sites (N-methyl/N-ethyl adjacent to an activating group) is 1. The minimum Gasteiger partial charge on any atom is -0.313 e. The number of nitrogens with zero attached hydrogens (tertiary/aromatic N) is 1. The van der Waals surface area contributed by atoms with Crippen LogP contribution in [0.3, 0.4) is 0 Å². The Hall–Kier alpha value is -0.380. The van der Waals surface area contributed by atoms with Crippen molar-refractivity contribution in [2.45, 2.75) is 45.8 Å². The van der Waals surface area contributed by atoms with Gasteiger partial charge in [-0.25, -0.2) is 0 Å². The predicted molar refractivity (Wildman–Crippen MR) is 73.0 cm³/mol. The van der Waals surface area contributed by atoms with E-state index in [1.54, 1.807) is 0 Å². The zero-order valence-electron chi connectivity index (χ0n) is 10.9. The molecule has 1 heterocycles. The Bertz CT molecular complexity index is 271. The van der Waals surface area contributed by atoms with Gasteiger partial charge >= 0.3 is 0 Å². The van der Waals surface area contributed by atoms with Crippen molar-refractivity contribution in [3.05, 3.63) is 22.4 Å². The average Bonchev–Trinajstić information content (AvgIpc) is 2.77. The van der Waals surface area contributed by atoms with Gasteiger partial charge in [0.15, 0.2) is 0 Å². The monoisotopic (exact) mass is 240 g/mol. The number of nitrogens with one attached hydrogen (secondary N) is 1. The lowest BCUT2D eigenvalue weighted by Gasteiger charge is -2.25. The SMILES string of the molecule is CCC(C)NCC(C)N(C)Cc1cccs1. The summed E-state index contributed by atoms with van der Waals surface area (Å²) in [5, 5.41) is 5.70. The van der Waals surface area contributed by atoms with E-state index in [-0.39, 0.29) is 0 Å². The van der Waals surface area contributed by atoms with Crippen LogP contribution in [0.15, 0.2) is 17.5 Å². The van der Waals surface area contributed by atoms with Crippen molar-refractivity contribution in [2.75, 3.05) is 13.6 Å². The van der Waals surface area contributed by atoms with Crippen molar-refractivity contribution in [3.63, 3.8) is 0 Å². The van der Waals surface area contributed by atoms with Gasteiger partial charge in [-0.05, 0) is 38.8 Å². The van der Waals surface area contributed by atoms with Gasteiger partial charge in [-0.1, -0.05) is 13.0 Å². The highest BCUT2D eigenvalue weighted by molar-refractivity contribution is 7.09. The fraction of sp³-hybridized carbons (Fsp3) is 0.692. The lowest BCUT2D eigenvalue weighted by molar-refractivity contribution is 0.239. The zero-order valence-corrected chi connectivity index (χ0v) is 11.7. The van der Waals surface area contributed by atoms with Crippen LogP contribution in [0.4, 0.5) is 0 Å². The fourth-order valence-electron chi connectivity index (χ4n) is 1.48. The molecule has 0 aliphatic carbocycles. The molecule has 16 heavy (non-hydrogen) atoms. The smallest absolute Gasteiger partial charge is 0.0328 e. The van der Waals surface area contributed by atoms with Crippen LogP contribution in [0, 0.1) is 0 Å². The summed E-state index contributed by atoms with van der Waals surface area (Å²) >= 11 is 1.84. The lowest BCUT2D eigenvalue weighted by Crippen LogP contribution is -2.40. The molecule has 0 amide bonds. The summed E-state index contributed by atoms with van der Waals surface area (Å²) < 4.78 is 0. The van der Waals surface area contributed by atoms with Crippen molar-refractivity contribution in [1.29, 1.82) is 0 Å². The molecule has 1 rings (SSSR count). The first kappa shape index (κ1) is 13.7. The normalized spacial score (nSPS) is 15.3. The lowest BCUT2D eigenvalue weighted by atomic mass is 10.2. The Balaban J connectivity index is 2.27. The summed E-state index contributed by atoms with van der Waals surface area (Å²) in [7, 11) is 2.20. The third kappa shape index (κ3) is 4.64. The summed E-state index contributed by atoms with van der Waals surface area (Å²) in [6, 6.07) is 5.53. The maximum atomic E-state index is 3.55. The van der Waals surface area contributed by atoms with Gasteiger partial charge in [0.05, 0.1) is 0 Å². The summed E-state index contributed by atoms with van der Waals surface area (Å²) in [6.45, 7) is 8.87. The largest absolute Gasteiger partial charge is 0.313 e. The van der Waals surface area contributed by atoms with E-state index < -0.39 is 0 Å². The van der Waals surface area contributed by atoms with Crippen LogP contribution in [0.5, 0.6) is 0 Å². The summed E-state index contributed by atoms with van der Waals surface area (Å²) in [6.07, 6.45) is 1.20. The molecule has 2 unspecified atom stereocenters. The number of hydrogen-bond donors (Lipinski definition) is 1. The summed E-state index contributed by atoms with van der Waals surface area (Å²) in [5.41, 5.74) is 0. The third-order valence-electron chi connectivity index (χ3n) is 3.11. The van der Waals surface area contributed by atoms with Gasteiger partial charge in [0.2, 0.25) is 0 Å². The average molecular weight is 240 g/mol. The van der Waals surface area contributed by atoms with Crippen molar-refractivity contribution >= 4 is 11.3 Å². The van der Waals surface area contributed by atoms with Crippen molar-refractivity contribution < 1.29 is 0 Å². The van der Waals surface area contributed by atoms with Gasteiger partial charge in [-0.2, -0.15) is 0 Å². The van der Waals surface area contributed by atoms with Crippen molar-refractivity contribution in [1.82, 2.24) is 10.2 Å². The number of rotatable bonds is 7. The number of hydrogen-bond acceptors (Lipinski definition) is 3. The molecule has 0 aliphatic rings. The van der Waals surface area contributed by atoms with Gasteiger partial charge < -0.3 is 5.32 Å². The molecule has 3 heteroatoms. The van der Waals surface area contributed by atoms with Crippen molar-refractivity contribution in [2.24, 2.45) is 0 Å². The van der Waals surface area contributed by atoms with Gasteiger partial charge in [0, 0.05) is 30.1 Å². The molecule has 1 N–H and O–H groups in total. The first-order chi connectivity index (χ1) is 7.63. The minimum atomic E-state index is 0.580. The molecule has 2 atom stereocenters. The Morgan fingerprint density at radius 3 is 2.75 bits per heavy atom. The Morgan fingerprint density at radius 1 is 1.44 bits per heavy atom. The minimum absolute atomic E-state index is 0.580. The first-order valence-electron chi connectivity index (χ1n) is 6.09. The predicted octanol–water partition coefficient (Wildman–Crippen LogP) is 2.96. The molecule has 1 aromatic rings. The molecule has 0 saturated carbocycles. The van der Waals surface area contributed by atoms with Crippen LogP contribution in [-0.2, 0) is 6.54 Å². The second-order valence-electron chi connectivity index (χ2n) is 4.56. The standard InChI is InChI=1S/C13H24N2S/c1-5-11(2)14-9-12(3)15(4)10-13-7-6-8-16-13/h6-8,11-12,14H,5,9-10H2,1-4H3. The quantitative estimate of drug-likeness (QED) is 0.788. The third-order valence-corrected chi connectivity index (χ3v) is 3.97. The highest BCUT2D eigenvalue weighted by atomic mass is 32.1. The molecule has 2 nitrogen and oxygen atoms in total. The molecule has 0 fully saturated rings. The van der Waals surface area contributed by atoms with Crippen LogP contribution >= 0.6 is 11.3 Å².